The van der Waals surface area contributed by atoms with Crippen molar-refractivity contribution in [3.8, 4) is 0 Å². The molecule has 0 fully saturated rings. The van der Waals surface area contributed by atoms with E-state index < -0.39 is 46.2 Å². The highest BCUT2D eigenvalue weighted by molar-refractivity contribution is 7.92. The van der Waals surface area contributed by atoms with Crippen molar-refractivity contribution in [2.24, 2.45) is 5.92 Å². The predicted octanol–water partition coefficient (Wildman–Crippen LogP) is 5.19. The number of benzene rings is 3. The van der Waals surface area contributed by atoms with Gasteiger partial charge in [-0.1, -0.05) is 74.5 Å². The molecule has 0 spiro atoms. The lowest BCUT2D eigenvalue weighted by molar-refractivity contribution is -0.140. The second kappa shape index (κ2) is 13.9. The molecule has 7 nitrogen and oxygen atoms in total. The van der Waals surface area contributed by atoms with Crippen molar-refractivity contribution in [1.82, 2.24) is 10.2 Å². The topological polar surface area (TPSA) is 86.8 Å². The van der Waals surface area contributed by atoms with Gasteiger partial charge in [0, 0.05) is 19.5 Å². The predicted molar refractivity (Wildman–Crippen MR) is 157 cm³/mol. The number of alkyl halides is 3. The van der Waals surface area contributed by atoms with Crippen LogP contribution in [0.1, 0.15) is 36.1 Å². The highest BCUT2D eigenvalue weighted by Crippen LogP contribution is 2.32. The Labute approximate surface area is 245 Å². The van der Waals surface area contributed by atoms with E-state index in [2.05, 4.69) is 5.32 Å². The fourth-order valence-corrected chi connectivity index (χ4v) is 5.24. The summed E-state index contributed by atoms with van der Waals surface area (Å²) in [4.78, 5) is 29.0. The summed E-state index contributed by atoms with van der Waals surface area (Å²) in [7, 11) is -4.20. The highest BCUT2D eigenvalue weighted by Gasteiger charge is 2.35. The van der Waals surface area contributed by atoms with Crippen LogP contribution in [0.3, 0.4) is 0 Å². The molecular formula is C31H36F3N3O4S. The molecule has 3 aromatic rings. The van der Waals surface area contributed by atoms with Crippen molar-refractivity contribution in [3.63, 3.8) is 0 Å². The number of anilines is 1. The highest BCUT2D eigenvalue weighted by atomic mass is 32.2. The summed E-state index contributed by atoms with van der Waals surface area (Å²) in [5.74, 6) is -1.02. The number of carbonyl (C=O) groups is 2. The molecule has 0 bridgehead atoms. The summed E-state index contributed by atoms with van der Waals surface area (Å²) in [5.41, 5.74) is 1.02. The van der Waals surface area contributed by atoms with Crippen LogP contribution in [0.4, 0.5) is 18.9 Å². The smallest absolute Gasteiger partial charge is 0.354 e. The first-order valence-electron chi connectivity index (χ1n) is 13.5. The lowest BCUT2D eigenvalue weighted by atomic mass is 10.0. The first-order valence-corrected chi connectivity index (χ1v) is 15.3. The molecule has 42 heavy (non-hydrogen) atoms. The number of aryl methyl sites for hydroxylation is 1. The van der Waals surface area contributed by atoms with Crippen LogP contribution in [-0.4, -0.2) is 50.5 Å². The van der Waals surface area contributed by atoms with Crippen molar-refractivity contribution in [2.75, 3.05) is 23.7 Å². The van der Waals surface area contributed by atoms with Gasteiger partial charge in [-0.25, -0.2) is 8.42 Å². The van der Waals surface area contributed by atoms with Gasteiger partial charge in [-0.2, -0.15) is 13.2 Å². The Balaban J connectivity index is 2.08. The van der Waals surface area contributed by atoms with E-state index in [1.54, 1.807) is 6.07 Å². The van der Waals surface area contributed by atoms with Crippen LogP contribution in [0, 0.1) is 12.8 Å². The Morgan fingerprint density at radius 1 is 0.929 bits per heavy atom. The van der Waals surface area contributed by atoms with Crippen molar-refractivity contribution in [1.29, 1.82) is 0 Å². The monoisotopic (exact) mass is 603 g/mol. The van der Waals surface area contributed by atoms with Gasteiger partial charge in [-0.05, 0) is 47.7 Å². The van der Waals surface area contributed by atoms with E-state index in [9.17, 15) is 31.2 Å². The molecule has 2 amide bonds. The minimum absolute atomic E-state index is 0.0156. The Bertz CT molecular complexity index is 1480. The van der Waals surface area contributed by atoms with Gasteiger partial charge < -0.3 is 10.2 Å². The summed E-state index contributed by atoms with van der Waals surface area (Å²) < 4.78 is 66.6. The van der Waals surface area contributed by atoms with Crippen LogP contribution < -0.4 is 9.62 Å². The van der Waals surface area contributed by atoms with Gasteiger partial charge in [-0.15, -0.1) is 0 Å². The second-order valence-corrected chi connectivity index (χ2v) is 12.5. The summed E-state index contributed by atoms with van der Waals surface area (Å²) in [6.07, 6.45) is -3.75. The van der Waals surface area contributed by atoms with E-state index in [1.165, 1.54) is 11.0 Å². The van der Waals surface area contributed by atoms with E-state index in [-0.39, 0.29) is 24.6 Å². The molecule has 0 unspecified atom stereocenters. The molecule has 0 aromatic heterocycles. The summed E-state index contributed by atoms with van der Waals surface area (Å²) >= 11 is 0. The first-order chi connectivity index (χ1) is 19.7. The quantitative estimate of drug-likeness (QED) is 0.309. The maximum atomic E-state index is 14.1. The molecule has 3 rings (SSSR count). The molecule has 0 radical (unpaired) electrons. The number of nitrogens with one attached hydrogen (secondary N) is 1. The zero-order chi connectivity index (χ0) is 31.1. The Kier molecular flexibility index (Phi) is 10.8. The van der Waals surface area contributed by atoms with Gasteiger partial charge in [0.2, 0.25) is 21.8 Å². The number of hydrogen-bond acceptors (Lipinski definition) is 4. The van der Waals surface area contributed by atoms with Crippen molar-refractivity contribution >= 4 is 27.5 Å². The van der Waals surface area contributed by atoms with Crippen LogP contribution in [0.25, 0.3) is 0 Å². The third-order valence-corrected chi connectivity index (χ3v) is 7.84. The van der Waals surface area contributed by atoms with E-state index in [1.807, 2.05) is 69.3 Å². The van der Waals surface area contributed by atoms with Crippen LogP contribution in [0.15, 0.2) is 78.9 Å². The van der Waals surface area contributed by atoms with Gasteiger partial charge in [0.15, 0.2) is 0 Å². The molecule has 0 aliphatic carbocycles. The van der Waals surface area contributed by atoms with Crippen molar-refractivity contribution < 1.29 is 31.2 Å². The molecule has 0 aliphatic rings. The summed E-state index contributed by atoms with van der Waals surface area (Å²) in [6, 6.07) is 19.2. The van der Waals surface area contributed by atoms with Gasteiger partial charge in [0.1, 0.15) is 12.6 Å². The van der Waals surface area contributed by atoms with E-state index in [0.717, 1.165) is 35.1 Å². The van der Waals surface area contributed by atoms with Gasteiger partial charge in [-0.3, -0.25) is 13.9 Å². The van der Waals surface area contributed by atoms with E-state index in [4.69, 9.17) is 0 Å². The van der Waals surface area contributed by atoms with Crippen LogP contribution >= 0.6 is 0 Å². The van der Waals surface area contributed by atoms with Gasteiger partial charge in [0.25, 0.3) is 0 Å². The molecular weight excluding hydrogens is 567 g/mol. The number of carbonyl (C=O) groups excluding carboxylic acids is 2. The van der Waals surface area contributed by atoms with E-state index >= 15 is 0 Å². The minimum Gasteiger partial charge on any atom is -0.354 e. The fourth-order valence-electron chi connectivity index (χ4n) is 4.40. The molecule has 226 valence electrons. The molecule has 1 N–H and O–H groups in total. The maximum Gasteiger partial charge on any atom is 0.416 e. The lowest BCUT2D eigenvalue weighted by Gasteiger charge is -2.34. The number of nitrogens with zero attached hydrogens (tertiary/aromatic N) is 2. The standard InChI is InChI=1S/C31H36F3N3O4S/c1-22(2)19-35-30(39)28(17-24-12-6-5-7-13-24)36(20-25-14-9-8-11-23(25)3)29(38)21-37(42(4,40)41)27-16-10-15-26(18-27)31(32,33)34/h5-16,18,22,28H,17,19-21H2,1-4H3,(H,35,39)/t28-/m1/s1. The Morgan fingerprint density at radius 2 is 1.57 bits per heavy atom. The Hall–Kier alpha value is -3.86. The lowest BCUT2D eigenvalue weighted by Crippen LogP contribution is -2.53. The largest absolute Gasteiger partial charge is 0.416 e. The number of amides is 2. The summed E-state index contributed by atoms with van der Waals surface area (Å²) in [5, 5.41) is 2.89. The minimum atomic E-state index is -4.71. The number of hydrogen-bond donors (Lipinski definition) is 1. The molecule has 1 atom stereocenters. The second-order valence-electron chi connectivity index (χ2n) is 10.6. The molecule has 11 heteroatoms. The zero-order valence-corrected chi connectivity index (χ0v) is 24.9. The van der Waals surface area contributed by atoms with Gasteiger partial charge in [0.05, 0.1) is 17.5 Å². The summed E-state index contributed by atoms with van der Waals surface area (Å²) in [6.45, 7) is 5.27. The molecule has 3 aromatic carbocycles. The zero-order valence-electron chi connectivity index (χ0n) is 24.1. The fraction of sp³-hybridized carbons (Fsp3) is 0.355. The average Bonchev–Trinajstić information content (AvgIpc) is 2.92. The molecule has 0 saturated carbocycles. The maximum absolute atomic E-state index is 14.1. The van der Waals surface area contributed by atoms with Crippen LogP contribution in [0.2, 0.25) is 0 Å². The van der Waals surface area contributed by atoms with Crippen LogP contribution in [0.5, 0.6) is 0 Å². The van der Waals surface area contributed by atoms with Crippen molar-refractivity contribution in [3.05, 3.63) is 101 Å². The molecule has 0 heterocycles. The van der Waals surface area contributed by atoms with Gasteiger partial charge >= 0.3 is 6.18 Å². The average molecular weight is 604 g/mol. The molecule has 0 saturated heterocycles. The normalized spacial score (nSPS) is 12.6. The Morgan fingerprint density at radius 3 is 2.17 bits per heavy atom. The third-order valence-electron chi connectivity index (χ3n) is 6.70. The first kappa shape index (κ1) is 32.7. The van der Waals surface area contributed by atoms with Crippen LogP contribution in [-0.2, 0) is 38.8 Å². The SMILES string of the molecule is Cc1ccccc1CN(C(=O)CN(c1cccc(C(F)(F)F)c1)S(C)(=O)=O)[C@H](Cc1ccccc1)C(=O)NCC(C)C. The number of halogens is 3. The third kappa shape index (κ3) is 9.07. The number of sulfonamides is 1. The molecule has 0 aliphatic heterocycles. The van der Waals surface area contributed by atoms with Crippen molar-refractivity contribution in [2.45, 2.75) is 46.0 Å². The number of rotatable bonds is 12. The van der Waals surface area contributed by atoms with E-state index in [0.29, 0.717) is 16.9 Å².